The van der Waals surface area contributed by atoms with Crippen LogP contribution in [0.3, 0.4) is 0 Å². The summed E-state index contributed by atoms with van der Waals surface area (Å²) in [6, 6.07) is 8.39. The summed E-state index contributed by atoms with van der Waals surface area (Å²) in [5.74, 6) is -0.954. The molecular weight excluding hydrogens is 642 g/mol. The predicted octanol–water partition coefficient (Wildman–Crippen LogP) is -2.93. The van der Waals surface area contributed by atoms with Crippen molar-refractivity contribution in [2.45, 2.75) is 55.2 Å². The average Bonchev–Trinajstić information content (AvgIpc) is 3.26. The summed E-state index contributed by atoms with van der Waals surface area (Å²) >= 11 is 0. The zero-order valence-corrected chi connectivity index (χ0v) is 23.9. The van der Waals surface area contributed by atoms with Gasteiger partial charge in [-0.05, 0) is 12.1 Å². The number of benzene rings is 1. The number of nitrogens with one attached hydrogen (secondary N) is 1. The Hall–Kier alpha value is -2.65. The van der Waals surface area contributed by atoms with Crippen molar-refractivity contribution >= 4 is 21.6 Å². The molecule has 3 heterocycles. The first-order chi connectivity index (χ1) is 20.6. The lowest BCUT2D eigenvalue weighted by Crippen LogP contribution is -2.58. The average molecular weight is 670 g/mol. The second-order valence-corrected chi connectivity index (χ2v) is 12.4. The molecule has 0 aliphatic carbocycles. The van der Waals surface area contributed by atoms with Crippen LogP contribution < -0.4 is 11.2 Å². The van der Waals surface area contributed by atoms with E-state index in [9.17, 15) is 58.8 Å². The first kappa shape index (κ1) is 34.2. The molecule has 44 heavy (non-hydrogen) atoms. The lowest BCUT2D eigenvalue weighted by Gasteiger charge is -2.39. The van der Waals surface area contributed by atoms with E-state index < -0.39 is 101 Å². The number of aromatic amines is 1. The fraction of sp³-hybridized carbons (Fsp3) is 0.500. The number of carbonyl (C=O) groups excluding carboxylic acids is 1. The Bertz CT molecular complexity index is 1520. The van der Waals surface area contributed by atoms with E-state index in [2.05, 4.69) is 13.4 Å². The molecule has 2 aliphatic heterocycles. The van der Waals surface area contributed by atoms with Gasteiger partial charge in [0.15, 0.2) is 18.6 Å². The fourth-order valence-electron chi connectivity index (χ4n) is 4.23. The van der Waals surface area contributed by atoms with Gasteiger partial charge in [-0.3, -0.25) is 23.4 Å². The van der Waals surface area contributed by atoms with Gasteiger partial charge in [0.05, 0.1) is 18.8 Å². The normalized spacial score (nSPS) is 33.3. The van der Waals surface area contributed by atoms with Crippen LogP contribution in [0.4, 0.5) is 0 Å². The smallest absolute Gasteiger partial charge is 0.451 e. The van der Waals surface area contributed by atoms with E-state index in [0.717, 1.165) is 16.8 Å². The van der Waals surface area contributed by atoms with Crippen LogP contribution in [0.2, 0.25) is 0 Å². The van der Waals surface area contributed by atoms with Crippen molar-refractivity contribution in [2.24, 2.45) is 0 Å². The Morgan fingerprint density at radius 3 is 2.23 bits per heavy atom. The minimum absolute atomic E-state index is 0.0540. The number of aromatic nitrogens is 2. The molecule has 1 aromatic carbocycles. The van der Waals surface area contributed by atoms with Gasteiger partial charge in [0.2, 0.25) is 0 Å². The maximum atomic E-state index is 12.7. The maximum absolute atomic E-state index is 12.7. The third-order valence-electron chi connectivity index (χ3n) is 6.38. The summed E-state index contributed by atoms with van der Waals surface area (Å²) < 4.78 is 54.7. The minimum Gasteiger partial charge on any atom is -0.451 e. The summed E-state index contributed by atoms with van der Waals surface area (Å²) in [6.45, 7) is -2.00. The molecule has 0 spiro atoms. The Balaban J connectivity index is 1.46. The molecule has 2 aromatic rings. The number of nitrogens with zero attached hydrogens (tertiary/aromatic N) is 1. The molecule has 22 heteroatoms. The van der Waals surface area contributed by atoms with Crippen LogP contribution >= 0.6 is 15.6 Å². The van der Waals surface area contributed by atoms with Gasteiger partial charge in [-0.25, -0.2) is 18.7 Å². The third-order valence-corrected chi connectivity index (χ3v) is 8.99. The van der Waals surface area contributed by atoms with Crippen LogP contribution in [-0.2, 0) is 36.7 Å². The maximum Gasteiger partial charge on any atom is 0.483 e. The number of phosphoric acid groups is 2. The second kappa shape index (κ2) is 13.8. The molecule has 2 fully saturated rings. The van der Waals surface area contributed by atoms with Crippen LogP contribution in [0.1, 0.15) is 16.6 Å². The highest BCUT2D eigenvalue weighted by Crippen LogP contribution is 2.61. The summed E-state index contributed by atoms with van der Waals surface area (Å²) in [7, 11) is -11.2. The summed E-state index contributed by atoms with van der Waals surface area (Å²) in [5, 5.41) is 49.6. The zero-order chi connectivity index (χ0) is 32.4. The largest absolute Gasteiger partial charge is 0.483 e. The molecule has 0 amide bonds. The van der Waals surface area contributed by atoms with Crippen molar-refractivity contribution in [1.29, 1.82) is 0 Å². The zero-order valence-electron chi connectivity index (χ0n) is 22.1. The number of carbonyl (C=O) groups is 1. The first-order valence-electron chi connectivity index (χ1n) is 12.5. The molecule has 244 valence electrons. The molecule has 20 nitrogen and oxygen atoms in total. The number of aliphatic hydroxyl groups excluding tert-OH is 5. The van der Waals surface area contributed by atoms with Gasteiger partial charge in [0, 0.05) is 12.3 Å². The van der Waals surface area contributed by atoms with Gasteiger partial charge in [0.25, 0.3) is 5.56 Å². The highest BCUT2D eigenvalue weighted by Gasteiger charge is 2.51. The molecular formula is C22H28N2O18P2. The Morgan fingerprint density at radius 2 is 1.59 bits per heavy atom. The molecule has 8 N–H and O–H groups in total. The lowest BCUT2D eigenvalue weighted by atomic mass is 10.00. The van der Waals surface area contributed by atoms with Gasteiger partial charge >= 0.3 is 27.3 Å². The number of hydrogen-bond acceptors (Lipinski definition) is 16. The standard InChI is InChI=1S/C22H28N2O18P2/c25-8-11-14(27)16(29)17(30)21(39-11)41-44(35,36)42-43(33,34)37-9-12-15(28)18(40-20(31)10-4-2-1-3-5-10)19(38-12)24-7-6-13(26)23-22(24)32/h1-7,11-12,14-19,21,25,27-30H,8-9H2,(H,33,34)(H,35,36)(H,23,26,32)/t11-,12-,14-,15-,16+,17-,18-,19-,21-/m1/s1. The number of rotatable bonds is 11. The number of ether oxygens (including phenoxy) is 3. The van der Waals surface area contributed by atoms with Crippen molar-refractivity contribution in [2.75, 3.05) is 13.2 Å². The van der Waals surface area contributed by atoms with Crippen molar-refractivity contribution in [3.05, 3.63) is 69.0 Å². The highest BCUT2D eigenvalue weighted by atomic mass is 31.3. The van der Waals surface area contributed by atoms with Gasteiger partial charge in [-0.15, -0.1) is 0 Å². The summed E-state index contributed by atoms with van der Waals surface area (Å²) in [6.07, 6.45) is -15.6. The van der Waals surface area contributed by atoms with Crippen molar-refractivity contribution in [1.82, 2.24) is 9.55 Å². The monoisotopic (exact) mass is 670 g/mol. The number of H-pyrrole nitrogens is 1. The van der Waals surface area contributed by atoms with Crippen LogP contribution in [0.25, 0.3) is 0 Å². The lowest BCUT2D eigenvalue weighted by molar-refractivity contribution is -0.280. The Kier molecular flexibility index (Phi) is 10.7. The number of aliphatic hydroxyl groups is 5. The number of esters is 1. The van der Waals surface area contributed by atoms with E-state index in [4.69, 9.17) is 14.2 Å². The van der Waals surface area contributed by atoms with Crippen LogP contribution in [0.5, 0.6) is 0 Å². The first-order valence-corrected chi connectivity index (χ1v) is 15.5. The quantitative estimate of drug-likeness (QED) is 0.0876. The molecule has 0 bridgehead atoms. The molecule has 0 saturated carbocycles. The Morgan fingerprint density at radius 1 is 0.909 bits per heavy atom. The highest BCUT2D eigenvalue weighted by molar-refractivity contribution is 7.61. The van der Waals surface area contributed by atoms with E-state index >= 15 is 0 Å². The third kappa shape index (κ3) is 7.94. The van der Waals surface area contributed by atoms with Gasteiger partial charge in [-0.2, -0.15) is 4.31 Å². The van der Waals surface area contributed by atoms with Crippen LogP contribution in [0.15, 0.2) is 52.2 Å². The van der Waals surface area contributed by atoms with E-state index in [0.29, 0.717) is 0 Å². The molecule has 2 saturated heterocycles. The van der Waals surface area contributed by atoms with E-state index in [-0.39, 0.29) is 5.56 Å². The molecule has 2 unspecified atom stereocenters. The second-order valence-electron chi connectivity index (χ2n) is 9.43. The van der Waals surface area contributed by atoms with Crippen molar-refractivity contribution in [3.8, 4) is 0 Å². The summed E-state index contributed by atoms with van der Waals surface area (Å²) in [4.78, 5) is 58.6. The van der Waals surface area contributed by atoms with Crippen LogP contribution in [-0.4, -0.2) is 113 Å². The fourth-order valence-corrected chi connectivity index (χ4v) is 6.38. The van der Waals surface area contributed by atoms with E-state index in [1.165, 1.54) is 24.3 Å². The predicted molar refractivity (Wildman–Crippen MR) is 138 cm³/mol. The van der Waals surface area contributed by atoms with E-state index in [1.807, 2.05) is 4.98 Å². The Labute approximate surface area is 245 Å². The molecule has 0 radical (unpaired) electrons. The topological polar surface area (TPSA) is 303 Å². The van der Waals surface area contributed by atoms with E-state index in [1.54, 1.807) is 6.07 Å². The number of hydrogen-bond donors (Lipinski definition) is 8. The van der Waals surface area contributed by atoms with Gasteiger partial charge in [-0.1, -0.05) is 18.2 Å². The minimum atomic E-state index is -5.67. The summed E-state index contributed by atoms with van der Waals surface area (Å²) in [5.41, 5.74) is -1.75. The van der Waals surface area contributed by atoms with Gasteiger partial charge < -0.3 is 49.5 Å². The van der Waals surface area contributed by atoms with Crippen molar-refractivity contribution in [3.63, 3.8) is 0 Å². The van der Waals surface area contributed by atoms with Crippen LogP contribution in [0, 0.1) is 0 Å². The molecule has 11 atom stereocenters. The SMILES string of the molecule is O=C(O[C@@H]1[C@H](O)[C@@H](COP(=O)(O)OP(=O)(O)O[C@H]2O[C@H](CO)[C@@H](O)[C@H](O)[C@H]2O)O[C@H]1n1ccc(=O)[nH]c1=O)c1ccccc1. The van der Waals surface area contributed by atoms with Crippen molar-refractivity contribution < 1.29 is 76.8 Å². The molecule has 4 rings (SSSR count). The number of phosphoric ester groups is 2. The molecule has 2 aliphatic rings. The van der Waals surface area contributed by atoms with Gasteiger partial charge in [0.1, 0.15) is 36.6 Å². The molecule has 1 aromatic heterocycles.